The molecule has 11 nitrogen and oxygen atoms in total. The van der Waals surface area contributed by atoms with E-state index in [1.807, 2.05) is 0 Å². The lowest BCUT2D eigenvalue weighted by atomic mass is 10.1. The Morgan fingerprint density at radius 2 is 1.61 bits per heavy atom. The van der Waals surface area contributed by atoms with Crippen LogP contribution >= 0.6 is 0 Å². The van der Waals surface area contributed by atoms with Crippen LogP contribution in [-0.2, 0) is 27.3 Å². The SMILES string of the molecule is CC(=O)O.N=C(N)c1ccc(CNC(=O)CCC(=O)[C@@H](CO)NCCc2cccc(C(=O)O)c2)cc1. The number of nitrogens with two attached hydrogens (primary N) is 1. The maximum absolute atomic E-state index is 12.3. The molecular weight excluding hydrogens is 468 g/mol. The van der Waals surface area contributed by atoms with Gasteiger partial charge < -0.3 is 31.7 Å². The van der Waals surface area contributed by atoms with Gasteiger partial charge in [-0.25, -0.2) is 4.79 Å². The van der Waals surface area contributed by atoms with Crippen LogP contribution in [0.25, 0.3) is 0 Å². The molecule has 0 aliphatic rings. The van der Waals surface area contributed by atoms with Crippen molar-refractivity contribution >= 4 is 29.5 Å². The largest absolute Gasteiger partial charge is 0.481 e. The van der Waals surface area contributed by atoms with E-state index in [9.17, 15) is 19.5 Å². The molecule has 0 aromatic heterocycles. The average molecular weight is 501 g/mol. The Balaban J connectivity index is 0.00000150. The third-order valence-corrected chi connectivity index (χ3v) is 4.90. The third-order valence-electron chi connectivity index (χ3n) is 4.90. The number of amidine groups is 1. The zero-order valence-corrected chi connectivity index (χ0v) is 20.0. The summed E-state index contributed by atoms with van der Waals surface area (Å²) in [4.78, 5) is 44.4. The molecule has 0 aliphatic carbocycles. The molecule has 2 aromatic carbocycles. The van der Waals surface area contributed by atoms with Crippen molar-refractivity contribution in [3.05, 3.63) is 70.8 Å². The zero-order valence-electron chi connectivity index (χ0n) is 20.0. The summed E-state index contributed by atoms with van der Waals surface area (Å²) in [5.41, 5.74) is 7.84. The number of carboxylic acids is 2. The molecule has 0 fully saturated rings. The van der Waals surface area contributed by atoms with Gasteiger partial charge in [0.05, 0.1) is 18.2 Å². The Labute approximate surface area is 208 Å². The highest BCUT2D eigenvalue weighted by Crippen LogP contribution is 2.07. The number of aliphatic hydroxyl groups excluding tert-OH is 1. The molecule has 0 saturated heterocycles. The van der Waals surface area contributed by atoms with Gasteiger partial charge in [-0.05, 0) is 36.2 Å². The van der Waals surface area contributed by atoms with E-state index < -0.39 is 24.6 Å². The van der Waals surface area contributed by atoms with Crippen LogP contribution in [0.5, 0.6) is 0 Å². The van der Waals surface area contributed by atoms with Crippen molar-refractivity contribution < 1.29 is 34.5 Å². The molecule has 0 spiro atoms. The molecule has 0 radical (unpaired) electrons. The van der Waals surface area contributed by atoms with E-state index in [0.29, 0.717) is 25.1 Å². The predicted octanol–water partition coefficient (Wildman–Crippen LogP) is 0.918. The number of nitrogens with one attached hydrogen (secondary N) is 3. The molecule has 1 amide bonds. The van der Waals surface area contributed by atoms with Crippen LogP contribution in [0.1, 0.15) is 46.8 Å². The highest BCUT2D eigenvalue weighted by Gasteiger charge is 2.18. The van der Waals surface area contributed by atoms with Crippen molar-refractivity contribution in [1.82, 2.24) is 10.6 Å². The van der Waals surface area contributed by atoms with Gasteiger partial charge in [0.25, 0.3) is 5.97 Å². The number of Topliss-reactive ketones (excluding diaryl/α,β-unsaturated/α-hetero) is 1. The number of amides is 1. The second-order valence-corrected chi connectivity index (χ2v) is 7.82. The lowest BCUT2D eigenvalue weighted by molar-refractivity contribution is -0.134. The first-order chi connectivity index (χ1) is 17.0. The molecule has 2 rings (SSSR count). The molecule has 0 bridgehead atoms. The van der Waals surface area contributed by atoms with E-state index >= 15 is 0 Å². The van der Waals surface area contributed by atoms with Crippen molar-refractivity contribution in [1.29, 1.82) is 5.41 Å². The maximum atomic E-state index is 12.3. The number of hydrogen-bond acceptors (Lipinski definition) is 7. The van der Waals surface area contributed by atoms with Gasteiger partial charge in [0.15, 0.2) is 5.78 Å². The number of carbonyl (C=O) groups is 4. The van der Waals surface area contributed by atoms with E-state index in [4.69, 9.17) is 26.2 Å². The summed E-state index contributed by atoms with van der Waals surface area (Å²) in [5.74, 6) is -2.42. The number of ketones is 1. The molecule has 1 atom stereocenters. The first kappa shape index (κ1) is 29.9. The predicted molar refractivity (Wildman–Crippen MR) is 133 cm³/mol. The number of nitrogen functional groups attached to an aromatic ring is 1. The monoisotopic (exact) mass is 500 g/mol. The molecule has 0 saturated carbocycles. The Morgan fingerprint density at radius 3 is 2.17 bits per heavy atom. The molecule has 0 heterocycles. The van der Waals surface area contributed by atoms with E-state index in [-0.39, 0.29) is 35.9 Å². The van der Waals surface area contributed by atoms with Gasteiger partial charge in [0.1, 0.15) is 5.84 Å². The first-order valence-electron chi connectivity index (χ1n) is 11.1. The van der Waals surface area contributed by atoms with Gasteiger partial charge in [0.2, 0.25) is 5.91 Å². The van der Waals surface area contributed by atoms with Crippen molar-refractivity contribution in [3.8, 4) is 0 Å². The van der Waals surface area contributed by atoms with E-state index in [1.54, 1.807) is 42.5 Å². The second-order valence-electron chi connectivity index (χ2n) is 7.82. The van der Waals surface area contributed by atoms with Gasteiger partial charge in [-0.15, -0.1) is 0 Å². The van der Waals surface area contributed by atoms with E-state index in [2.05, 4.69) is 10.6 Å². The van der Waals surface area contributed by atoms with Crippen LogP contribution in [0, 0.1) is 5.41 Å². The van der Waals surface area contributed by atoms with E-state index in [1.165, 1.54) is 6.07 Å². The fraction of sp³-hybridized carbons (Fsp3) is 0.320. The summed E-state index contributed by atoms with van der Waals surface area (Å²) >= 11 is 0. The Morgan fingerprint density at radius 1 is 0.972 bits per heavy atom. The number of aliphatic hydroxyl groups is 1. The zero-order chi connectivity index (χ0) is 27.1. The fourth-order valence-electron chi connectivity index (χ4n) is 3.03. The summed E-state index contributed by atoms with van der Waals surface area (Å²) in [6.07, 6.45) is 0.485. The van der Waals surface area contributed by atoms with Gasteiger partial charge in [-0.3, -0.25) is 19.8 Å². The Hall–Kier alpha value is -4.09. The summed E-state index contributed by atoms with van der Waals surface area (Å²) in [6.45, 7) is 1.36. The number of aliphatic carboxylic acids is 1. The van der Waals surface area contributed by atoms with Crippen molar-refractivity contribution in [2.75, 3.05) is 13.2 Å². The normalized spacial score (nSPS) is 10.9. The number of rotatable bonds is 13. The van der Waals surface area contributed by atoms with Crippen LogP contribution in [0.4, 0.5) is 0 Å². The summed E-state index contributed by atoms with van der Waals surface area (Å²) in [5, 5.41) is 39.0. The maximum Gasteiger partial charge on any atom is 0.335 e. The van der Waals surface area contributed by atoms with Crippen LogP contribution < -0.4 is 16.4 Å². The lowest BCUT2D eigenvalue weighted by Crippen LogP contribution is -2.41. The minimum atomic E-state index is -1.01. The quantitative estimate of drug-likeness (QED) is 0.154. The summed E-state index contributed by atoms with van der Waals surface area (Å²) < 4.78 is 0. The van der Waals surface area contributed by atoms with Crippen LogP contribution in [-0.4, -0.2) is 64.0 Å². The number of carboxylic acid groups (broad SMARTS) is 2. The number of benzene rings is 2. The molecule has 36 heavy (non-hydrogen) atoms. The fourth-order valence-corrected chi connectivity index (χ4v) is 3.03. The van der Waals surface area contributed by atoms with Gasteiger partial charge in [-0.1, -0.05) is 36.4 Å². The number of hydrogen-bond donors (Lipinski definition) is 7. The number of aromatic carboxylic acids is 1. The standard InChI is InChI=1S/C23H28N4O5.C2H4O2/c24-22(25)17-6-4-16(5-7-17)13-27-21(30)9-8-20(29)19(14-28)26-11-10-15-2-1-3-18(12-15)23(31)32;1-2(3)4/h1-7,12,19,26,28H,8-11,13-14H2,(H3,24,25)(H,27,30)(H,31,32);1H3,(H,3,4)/t19-;/m1./s1. The van der Waals surface area contributed by atoms with Gasteiger partial charge in [-0.2, -0.15) is 0 Å². The average Bonchev–Trinajstić information content (AvgIpc) is 2.84. The van der Waals surface area contributed by atoms with Crippen LogP contribution in [0.3, 0.4) is 0 Å². The molecule has 8 N–H and O–H groups in total. The molecule has 11 heteroatoms. The first-order valence-corrected chi connectivity index (χ1v) is 11.1. The Kier molecular flexibility index (Phi) is 13.1. The van der Waals surface area contributed by atoms with Crippen LogP contribution in [0.2, 0.25) is 0 Å². The van der Waals surface area contributed by atoms with E-state index in [0.717, 1.165) is 18.1 Å². The number of carbonyl (C=O) groups excluding carboxylic acids is 2. The summed E-state index contributed by atoms with van der Waals surface area (Å²) in [7, 11) is 0. The van der Waals surface area contributed by atoms with Gasteiger partial charge >= 0.3 is 5.97 Å². The lowest BCUT2D eigenvalue weighted by Gasteiger charge is -2.15. The molecule has 2 aromatic rings. The topological polar surface area (TPSA) is 203 Å². The minimum Gasteiger partial charge on any atom is -0.481 e. The molecule has 0 aliphatic heterocycles. The highest BCUT2D eigenvalue weighted by molar-refractivity contribution is 5.95. The summed E-state index contributed by atoms with van der Waals surface area (Å²) in [6, 6.07) is 12.7. The smallest absolute Gasteiger partial charge is 0.335 e. The van der Waals surface area contributed by atoms with Crippen molar-refractivity contribution in [3.63, 3.8) is 0 Å². The second kappa shape index (κ2) is 15.7. The third kappa shape index (κ3) is 11.9. The Bertz CT molecular complexity index is 1050. The van der Waals surface area contributed by atoms with Crippen molar-refractivity contribution in [2.45, 2.75) is 38.8 Å². The minimum absolute atomic E-state index is 0.00317. The molecular formula is C25H32N4O7. The molecule has 194 valence electrons. The van der Waals surface area contributed by atoms with Crippen LogP contribution in [0.15, 0.2) is 48.5 Å². The van der Waals surface area contributed by atoms with Gasteiger partial charge in [0, 0.05) is 31.9 Å². The highest BCUT2D eigenvalue weighted by atomic mass is 16.4. The van der Waals surface area contributed by atoms with Crippen molar-refractivity contribution in [2.24, 2.45) is 5.73 Å². The molecule has 0 unspecified atom stereocenters.